The van der Waals surface area contributed by atoms with Gasteiger partial charge in [-0.25, -0.2) is 4.79 Å². The van der Waals surface area contributed by atoms with Gasteiger partial charge in [-0.15, -0.1) is 0 Å². The number of carbonyl (C=O) groups excluding carboxylic acids is 1. The minimum atomic E-state index is -2.22. The van der Waals surface area contributed by atoms with Gasteiger partial charge in [0.1, 0.15) is 6.16 Å². The topological polar surface area (TPSA) is 121 Å². The summed E-state index contributed by atoms with van der Waals surface area (Å²) in [7, 11) is -4.39. The molecule has 0 radical (unpaired) electrons. The van der Waals surface area contributed by atoms with E-state index in [4.69, 9.17) is 10.2 Å². The number of rotatable bonds is 5. The van der Waals surface area contributed by atoms with Gasteiger partial charge < -0.3 is 20.0 Å². The molecule has 6 nitrogen and oxygen atoms in total. The van der Waals surface area contributed by atoms with Crippen LogP contribution in [0.4, 0.5) is 0 Å². The molecule has 0 aromatic carbocycles. The van der Waals surface area contributed by atoms with Gasteiger partial charge in [-0.1, -0.05) is 0 Å². The van der Waals surface area contributed by atoms with E-state index in [9.17, 15) is 19.4 Å². The second-order valence-electron chi connectivity index (χ2n) is 2.05. The summed E-state index contributed by atoms with van der Waals surface area (Å²) in [5, 5.41) is 16.4. The van der Waals surface area contributed by atoms with E-state index in [1.807, 2.05) is 0 Å². The lowest BCUT2D eigenvalue weighted by Gasteiger charge is -1.94. The number of Topliss-reactive ketones (excluding diaryl/α,β-unsaturated/α-hetero) is 1. The van der Waals surface area contributed by atoms with E-state index in [1.54, 1.807) is 0 Å². The molecular formula is C5H8O6P2. The molecule has 0 bridgehead atoms. The number of aliphatic hydroxyl groups is 1. The molecule has 0 aliphatic carbocycles. The lowest BCUT2D eigenvalue weighted by Crippen LogP contribution is -2.14. The summed E-state index contributed by atoms with van der Waals surface area (Å²) < 4.78 is 0. The van der Waals surface area contributed by atoms with Crippen molar-refractivity contribution in [1.82, 2.24) is 0 Å². The van der Waals surface area contributed by atoms with Crippen molar-refractivity contribution in [3.8, 4) is 0 Å². The molecule has 0 aliphatic rings. The Labute approximate surface area is 76.0 Å². The molecule has 0 saturated heterocycles. The van der Waals surface area contributed by atoms with Crippen molar-refractivity contribution in [2.45, 2.75) is 6.42 Å². The van der Waals surface area contributed by atoms with Gasteiger partial charge in [0.05, 0.1) is 6.42 Å². The molecule has 0 aliphatic heterocycles. The monoisotopic (exact) mass is 226 g/mol. The average Bonchev–Trinajstić information content (AvgIpc) is 2.11. The van der Waals surface area contributed by atoms with Crippen LogP contribution in [-0.4, -0.2) is 34.5 Å². The highest BCUT2D eigenvalue weighted by Gasteiger charge is 2.17. The maximum absolute atomic E-state index is 10.9. The summed E-state index contributed by atoms with van der Waals surface area (Å²) in [4.78, 5) is 42.0. The van der Waals surface area contributed by atoms with Gasteiger partial charge in [0.2, 0.25) is 19.6 Å². The third-order valence-electron chi connectivity index (χ3n) is 1.14. The van der Waals surface area contributed by atoms with Crippen LogP contribution in [0.1, 0.15) is 6.42 Å². The van der Waals surface area contributed by atoms with Crippen molar-refractivity contribution in [2.24, 2.45) is 0 Å². The van der Waals surface area contributed by atoms with E-state index in [-0.39, 0.29) is 6.16 Å². The summed E-state index contributed by atoms with van der Waals surface area (Å²) in [6.07, 6.45) is -1.37. The van der Waals surface area contributed by atoms with Crippen molar-refractivity contribution in [3.05, 3.63) is 0 Å². The number of carbonyl (C=O) groups is 2. The fraction of sp³-hybridized carbons (Fsp3) is 0.600. The van der Waals surface area contributed by atoms with Crippen LogP contribution in [0.15, 0.2) is 0 Å². The Kier molecular flexibility index (Phi) is 5.95. The Balaban J connectivity index is 4.04. The summed E-state index contributed by atoms with van der Waals surface area (Å²) in [5.74, 6) is -2.66. The third kappa shape index (κ3) is 5.03. The van der Waals surface area contributed by atoms with Crippen molar-refractivity contribution < 1.29 is 29.6 Å². The van der Waals surface area contributed by atoms with Crippen molar-refractivity contribution >= 4 is 26.6 Å². The maximum Gasteiger partial charge on any atom is 0.372 e. The summed E-state index contributed by atoms with van der Waals surface area (Å²) in [6, 6.07) is 0. The first kappa shape index (κ1) is 12.6. The molecule has 0 rings (SSSR count). The molecule has 0 saturated carbocycles. The van der Waals surface area contributed by atoms with Crippen LogP contribution in [0, 0.1) is 0 Å². The van der Waals surface area contributed by atoms with Crippen LogP contribution < -0.4 is 9.79 Å². The van der Waals surface area contributed by atoms with Crippen LogP contribution in [-0.2, 0) is 9.59 Å². The van der Waals surface area contributed by atoms with Gasteiger partial charge in [0, 0.05) is 0 Å². The van der Waals surface area contributed by atoms with Gasteiger partial charge in [-0.3, -0.25) is 4.79 Å². The molecular weight excluding hydrogens is 218 g/mol. The lowest BCUT2D eigenvalue weighted by molar-refractivity contribution is -0.170. The fourth-order valence-electron chi connectivity index (χ4n) is 0.486. The number of hydrogen-bond donors (Lipinski definition) is 2. The molecule has 8 heteroatoms. The largest absolute Gasteiger partial charge is 0.597 e. The third-order valence-corrected chi connectivity index (χ3v) is 4.96. The first-order valence-electron chi connectivity index (χ1n) is 3.25. The lowest BCUT2D eigenvalue weighted by atomic mass is 10.3. The molecule has 2 N–H and O–H groups in total. The van der Waals surface area contributed by atoms with Gasteiger partial charge in [-0.05, 0) is 0 Å². The summed E-state index contributed by atoms with van der Waals surface area (Å²) >= 11 is 0. The molecule has 0 aromatic heterocycles. The van der Waals surface area contributed by atoms with Gasteiger partial charge in [0.15, 0.2) is 0 Å². The zero-order valence-corrected chi connectivity index (χ0v) is 8.33. The predicted octanol–water partition coefficient (Wildman–Crippen LogP) is -1.59. The van der Waals surface area contributed by atoms with Gasteiger partial charge in [0.25, 0.3) is 7.44 Å². The second-order valence-corrected chi connectivity index (χ2v) is 6.86. The second kappa shape index (κ2) is 6.13. The minimum absolute atomic E-state index is 0.254. The molecule has 0 spiro atoms. The van der Waals surface area contributed by atoms with E-state index < -0.39 is 39.4 Å². The van der Waals surface area contributed by atoms with Crippen LogP contribution in [0.2, 0.25) is 0 Å². The first-order valence-corrected chi connectivity index (χ1v) is 6.84. The molecule has 0 aromatic rings. The zero-order chi connectivity index (χ0) is 10.4. The number of aliphatic carboxylic acids is 1. The van der Waals surface area contributed by atoms with Crippen LogP contribution >= 0.6 is 14.9 Å². The van der Waals surface area contributed by atoms with Crippen LogP contribution in [0.25, 0.3) is 0 Å². The van der Waals surface area contributed by atoms with Crippen molar-refractivity contribution in [2.75, 3.05) is 12.5 Å². The average molecular weight is 226 g/mol. The van der Waals surface area contributed by atoms with E-state index in [0.29, 0.717) is 0 Å². The molecule has 2 unspecified atom stereocenters. The van der Waals surface area contributed by atoms with E-state index in [1.165, 1.54) is 0 Å². The normalized spacial score (nSPS) is 12.2. The Morgan fingerprint density at radius 1 is 1.23 bits per heavy atom. The minimum Gasteiger partial charge on any atom is -0.597 e. The Morgan fingerprint density at radius 3 is 2.15 bits per heavy atom. The summed E-state index contributed by atoms with van der Waals surface area (Å²) in [5.41, 5.74) is 0. The Bertz CT molecular complexity index is 247. The number of hydrogen-bond acceptors (Lipinski definition) is 5. The molecule has 0 heterocycles. The molecule has 0 amide bonds. The SMILES string of the molecule is O=C(O)C(=O)CC[P+]([O-])=[P+]([O-])CO. The molecule has 13 heavy (non-hydrogen) atoms. The number of carboxylic acids is 1. The van der Waals surface area contributed by atoms with Crippen molar-refractivity contribution in [1.29, 1.82) is 0 Å². The van der Waals surface area contributed by atoms with E-state index >= 15 is 0 Å². The zero-order valence-electron chi connectivity index (χ0n) is 6.54. The number of carboxylic acid groups (broad SMARTS) is 1. The van der Waals surface area contributed by atoms with Crippen LogP contribution in [0.5, 0.6) is 0 Å². The molecule has 0 fully saturated rings. The van der Waals surface area contributed by atoms with Gasteiger partial charge >= 0.3 is 5.97 Å². The van der Waals surface area contributed by atoms with E-state index in [0.717, 1.165) is 0 Å². The number of ketones is 1. The molecule has 74 valence electrons. The highest BCUT2D eigenvalue weighted by atomic mass is 31.8. The predicted molar refractivity (Wildman–Crippen MR) is 43.1 cm³/mol. The summed E-state index contributed by atoms with van der Waals surface area (Å²) in [6.45, 7) is 0. The quantitative estimate of drug-likeness (QED) is 0.430. The highest BCUT2D eigenvalue weighted by Crippen LogP contribution is 2.34. The maximum atomic E-state index is 10.9. The smallest absolute Gasteiger partial charge is 0.372 e. The van der Waals surface area contributed by atoms with Crippen molar-refractivity contribution in [3.63, 3.8) is 0 Å². The van der Waals surface area contributed by atoms with E-state index in [2.05, 4.69) is 0 Å². The Morgan fingerprint density at radius 2 is 1.77 bits per heavy atom. The fourth-order valence-corrected chi connectivity index (χ4v) is 2.64. The standard InChI is InChI=1S/C5H8O6P2/c6-3-13(11)12(10)2-1-4(7)5(8)9/h6H,1-3H2,(H,8,9). The Hall–Kier alpha value is -0.380. The van der Waals surface area contributed by atoms with Crippen LogP contribution in [0.3, 0.4) is 0 Å². The van der Waals surface area contributed by atoms with Gasteiger partial charge in [-0.2, -0.15) is 0 Å². The number of aliphatic hydroxyl groups excluding tert-OH is 1. The molecule has 2 atom stereocenters. The first-order chi connectivity index (χ1) is 5.99. The highest BCUT2D eigenvalue weighted by molar-refractivity contribution is 7.95.